The second-order valence-corrected chi connectivity index (χ2v) is 5.34. The Bertz CT molecular complexity index is 943. The number of hydroxylamine groups is 1. The lowest BCUT2D eigenvalue weighted by molar-refractivity contribution is -0.147. The van der Waals surface area contributed by atoms with E-state index in [1.165, 1.54) is 6.20 Å². The van der Waals surface area contributed by atoms with E-state index in [1.807, 2.05) is 30.3 Å². The van der Waals surface area contributed by atoms with Crippen molar-refractivity contribution in [2.24, 2.45) is 0 Å². The van der Waals surface area contributed by atoms with Gasteiger partial charge in [-0.2, -0.15) is 0 Å². The van der Waals surface area contributed by atoms with Gasteiger partial charge in [0.2, 0.25) is 12.2 Å². The van der Waals surface area contributed by atoms with E-state index in [9.17, 15) is 14.7 Å². The summed E-state index contributed by atoms with van der Waals surface area (Å²) in [6, 6.07) is 14.3. The first-order valence-electron chi connectivity index (χ1n) is 7.92. The lowest BCUT2D eigenvalue weighted by Crippen LogP contribution is -2.26. The molecule has 7 heteroatoms. The topological polar surface area (TPSA) is 89.0 Å². The van der Waals surface area contributed by atoms with Crippen LogP contribution in [0, 0.1) is 0 Å². The molecule has 3 aromatic rings. The van der Waals surface area contributed by atoms with Crippen LogP contribution < -0.4 is 9.80 Å². The Morgan fingerprint density at radius 2 is 1.96 bits per heavy atom. The van der Waals surface area contributed by atoms with Gasteiger partial charge in [-0.3, -0.25) is 4.79 Å². The van der Waals surface area contributed by atoms with Gasteiger partial charge >= 0.3 is 5.97 Å². The number of para-hydroxylation sites is 1. The van der Waals surface area contributed by atoms with Gasteiger partial charge in [0.05, 0.1) is 0 Å². The van der Waals surface area contributed by atoms with E-state index in [0.717, 1.165) is 0 Å². The molecule has 0 atom stereocenters. The maximum absolute atomic E-state index is 11.4. The number of carbonyl (C=O) groups excluding carboxylic acids is 2. The smallest absolute Gasteiger partial charge is 0.332 e. The number of rotatable bonds is 6. The molecule has 132 valence electrons. The first-order valence-corrected chi connectivity index (χ1v) is 7.92. The van der Waals surface area contributed by atoms with E-state index in [-0.39, 0.29) is 24.4 Å². The Labute approximate surface area is 149 Å². The molecule has 1 aromatic heterocycles. The summed E-state index contributed by atoms with van der Waals surface area (Å²) in [5.41, 5.74) is 0. The zero-order valence-electron chi connectivity index (χ0n) is 14.0. The molecule has 0 fully saturated rings. The number of hydrogen-bond donors (Lipinski definition) is 1. The molecule has 1 N–H and O–H groups in total. The Morgan fingerprint density at radius 1 is 1.19 bits per heavy atom. The number of benzene rings is 2. The second-order valence-electron chi connectivity index (χ2n) is 5.34. The molecule has 3 rings (SSSR count). The molecule has 0 aliphatic carbocycles. The average molecular weight is 352 g/mol. The van der Waals surface area contributed by atoms with Crippen LogP contribution in [0.1, 0.15) is 13.3 Å². The molecule has 26 heavy (non-hydrogen) atoms. The van der Waals surface area contributed by atoms with Crippen LogP contribution in [0.3, 0.4) is 0 Å². The van der Waals surface area contributed by atoms with Crippen molar-refractivity contribution in [2.75, 3.05) is 5.06 Å². The summed E-state index contributed by atoms with van der Waals surface area (Å²) in [6.45, 7) is 1.59. The number of amides is 1. The third-order valence-electron chi connectivity index (χ3n) is 3.59. The highest BCUT2D eigenvalue weighted by Gasteiger charge is 2.19. The van der Waals surface area contributed by atoms with Crippen molar-refractivity contribution in [1.29, 1.82) is 0 Å². The summed E-state index contributed by atoms with van der Waals surface area (Å²) in [4.78, 5) is 31.5. The minimum atomic E-state index is -0.620. The monoisotopic (exact) mass is 352 g/mol. The summed E-state index contributed by atoms with van der Waals surface area (Å²) < 4.78 is 5.75. The number of aromatic nitrogens is 1. The van der Waals surface area contributed by atoms with Crippen molar-refractivity contribution in [3.63, 3.8) is 0 Å². The van der Waals surface area contributed by atoms with Crippen LogP contribution >= 0.6 is 0 Å². The Hall–Kier alpha value is -3.61. The lowest BCUT2D eigenvalue weighted by Gasteiger charge is -2.17. The summed E-state index contributed by atoms with van der Waals surface area (Å²) in [5.74, 6) is 0.197. The van der Waals surface area contributed by atoms with Crippen LogP contribution in [0.25, 0.3) is 10.8 Å². The fourth-order valence-corrected chi connectivity index (χ4v) is 2.31. The fraction of sp³-hybridized carbons (Fsp3) is 0.105. The first kappa shape index (κ1) is 17.2. The van der Waals surface area contributed by atoms with Crippen molar-refractivity contribution in [2.45, 2.75) is 13.3 Å². The molecule has 7 nitrogen and oxygen atoms in total. The predicted octanol–water partition coefficient (Wildman–Crippen LogP) is 3.56. The zero-order valence-corrected chi connectivity index (χ0v) is 14.0. The van der Waals surface area contributed by atoms with Crippen molar-refractivity contribution in [3.8, 4) is 17.2 Å². The normalized spacial score (nSPS) is 10.3. The minimum absolute atomic E-state index is 0.0822. The SMILES string of the molecule is CCC(=O)ON(C=O)c1ncc2cc(Oc3ccccc3)ccc2c1O. The molecule has 0 radical (unpaired) electrons. The van der Waals surface area contributed by atoms with Crippen LogP contribution in [-0.4, -0.2) is 22.5 Å². The third kappa shape index (κ3) is 3.56. The highest BCUT2D eigenvalue weighted by Crippen LogP contribution is 2.35. The number of aromatic hydroxyl groups is 1. The van der Waals surface area contributed by atoms with Crippen LogP contribution in [-0.2, 0) is 14.4 Å². The van der Waals surface area contributed by atoms with Gasteiger partial charge in [0.1, 0.15) is 11.5 Å². The molecule has 0 aliphatic rings. The molecule has 0 aliphatic heterocycles. The summed E-state index contributed by atoms with van der Waals surface area (Å²) in [7, 11) is 0. The van der Waals surface area contributed by atoms with E-state index in [2.05, 4.69) is 4.98 Å². The van der Waals surface area contributed by atoms with E-state index in [4.69, 9.17) is 9.57 Å². The second kappa shape index (κ2) is 7.52. The lowest BCUT2D eigenvalue weighted by atomic mass is 10.1. The number of hydrogen-bond acceptors (Lipinski definition) is 6. The molecule has 0 spiro atoms. The van der Waals surface area contributed by atoms with Gasteiger partial charge in [0.25, 0.3) is 0 Å². The highest BCUT2D eigenvalue weighted by atomic mass is 16.7. The molecule has 1 heterocycles. The van der Waals surface area contributed by atoms with E-state index < -0.39 is 5.97 Å². The van der Waals surface area contributed by atoms with Crippen molar-refractivity contribution in [3.05, 3.63) is 54.7 Å². The molecule has 1 amide bonds. The molecule has 0 bridgehead atoms. The van der Waals surface area contributed by atoms with Crippen LogP contribution in [0.5, 0.6) is 17.2 Å². The first-order chi connectivity index (χ1) is 12.6. The van der Waals surface area contributed by atoms with Crippen LogP contribution in [0.15, 0.2) is 54.7 Å². The molecule has 0 unspecified atom stereocenters. The van der Waals surface area contributed by atoms with Crippen molar-refractivity contribution in [1.82, 2.24) is 4.98 Å². The van der Waals surface area contributed by atoms with Crippen molar-refractivity contribution >= 4 is 29.0 Å². The van der Waals surface area contributed by atoms with Crippen LogP contribution in [0.4, 0.5) is 5.82 Å². The molecule has 0 saturated carbocycles. The number of nitrogens with zero attached hydrogens (tertiary/aromatic N) is 2. The van der Waals surface area contributed by atoms with Gasteiger partial charge in [-0.05, 0) is 30.3 Å². The standard InChI is InChI=1S/C19H16N2O5/c1-2-17(23)26-21(12-22)19-18(24)16-9-8-15(10-13(16)11-20-19)25-14-6-4-3-5-7-14/h3-12,24H,2H2,1H3. The third-order valence-corrected chi connectivity index (χ3v) is 3.59. The summed E-state index contributed by atoms with van der Waals surface area (Å²) in [6.07, 6.45) is 1.81. The maximum atomic E-state index is 11.4. The van der Waals surface area contributed by atoms with Gasteiger partial charge in [-0.1, -0.05) is 25.1 Å². The maximum Gasteiger partial charge on any atom is 0.332 e. The number of carbonyl (C=O) groups is 2. The quantitative estimate of drug-likeness (QED) is 0.539. The van der Waals surface area contributed by atoms with E-state index in [0.29, 0.717) is 27.3 Å². The average Bonchev–Trinajstić information content (AvgIpc) is 2.67. The number of pyridine rings is 1. The molecule has 2 aromatic carbocycles. The van der Waals surface area contributed by atoms with Crippen molar-refractivity contribution < 1.29 is 24.3 Å². The predicted molar refractivity (Wildman–Crippen MR) is 94.8 cm³/mol. The minimum Gasteiger partial charge on any atom is -0.504 e. The number of fused-ring (bicyclic) bond motifs is 1. The molecule has 0 saturated heterocycles. The Balaban J connectivity index is 1.93. The van der Waals surface area contributed by atoms with Crippen LogP contribution in [0.2, 0.25) is 0 Å². The Morgan fingerprint density at radius 3 is 2.65 bits per heavy atom. The molecular weight excluding hydrogens is 336 g/mol. The highest BCUT2D eigenvalue weighted by molar-refractivity contribution is 5.94. The number of anilines is 1. The molecular formula is C19H16N2O5. The largest absolute Gasteiger partial charge is 0.504 e. The van der Waals surface area contributed by atoms with E-state index in [1.54, 1.807) is 25.1 Å². The fourth-order valence-electron chi connectivity index (χ4n) is 2.31. The van der Waals surface area contributed by atoms with Gasteiger partial charge in [-0.15, -0.1) is 5.06 Å². The summed E-state index contributed by atoms with van der Waals surface area (Å²) >= 11 is 0. The van der Waals surface area contributed by atoms with Gasteiger partial charge in [0.15, 0.2) is 5.75 Å². The van der Waals surface area contributed by atoms with E-state index >= 15 is 0 Å². The summed E-state index contributed by atoms with van der Waals surface area (Å²) in [5, 5.41) is 12.1. The Kier molecular flexibility index (Phi) is 4.98. The van der Waals surface area contributed by atoms with Gasteiger partial charge < -0.3 is 14.7 Å². The number of ether oxygens (including phenoxy) is 1. The zero-order chi connectivity index (χ0) is 18.5. The van der Waals surface area contributed by atoms with Gasteiger partial charge in [0, 0.05) is 23.4 Å². The van der Waals surface area contributed by atoms with Gasteiger partial charge in [-0.25, -0.2) is 9.78 Å².